The summed E-state index contributed by atoms with van der Waals surface area (Å²) in [6.07, 6.45) is 0.494. The summed E-state index contributed by atoms with van der Waals surface area (Å²) in [5, 5.41) is 4.28. The van der Waals surface area contributed by atoms with Crippen molar-refractivity contribution in [3.8, 4) is 0 Å². The molecule has 0 bridgehead atoms. The molecule has 2 saturated heterocycles. The maximum Gasteiger partial charge on any atom is 0.125 e. The van der Waals surface area contributed by atoms with Crippen LogP contribution in [0.1, 0.15) is 5.56 Å². The lowest BCUT2D eigenvalue weighted by Crippen LogP contribution is -2.56. The number of rotatable bonds is 4. The van der Waals surface area contributed by atoms with Crippen molar-refractivity contribution in [1.82, 2.24) is 10.2 Å². The molecule has 3 rings (SSSR count). The van der Waals surface area contributed by atoms with Crippen molar-refractivity contribution in [2.45, 2.75) is 24.7 Å². The van der Waals surface area contributed by atoms with Crippen LogP contribution < -0.4 is 5.32 Å². The topological polar surface area (TPSA) is 24.5 Å². The second kappa shape index (κ2) is 6.39. The minimum absolute atomic E-state index is 0.184. The van der Waals surface area contributed by atoms with Gasteiger partial charge in [-0.25, -0.2) is 4.39 Å². The summed E-state index contributed by atoms with van der Waals surface area (Å²) in [5.41, 5.74) is 1.26. The number of hydrogen-bond acceptors (Lipinski definition) is 3. The third-order valence-electron chi connectivity index (χ3n) is 3.94. The Hall–Kier alpha value is -0.680. The van der Waals surface area contributed by atoms with Gasteiger partial charge in [0.15, 0.2) is 0 Å². The van der Waals surface area contributed by atoms with Crippen molar-refractivity contribution < 1.29 is 9.13 Å². The molecule has 1 aromatic carbocycles. The van der Waals surface area contributed by atoms with Crippen molar-refractivity contribution in [2.75, 3.05) is 32.8 Å². The number of hydrogen-bond donors (Lipinski definition) is 1. The van der Waals surface area contributed by atoms with Gasteiger partial charge in [-0.15, -0.1) is 0 Å². The molecule has 3 nitrogen and oxygen atoms in total. The van der Waals surface area contributed by atoms with Crippen LogP contribution in [0.3, 0.4) is 0 Å². The number of ether oxygens (including phenoxy) is 1. The fourth-order valence-electron chi connectivity index (χ4n) is 2.77. The number of benzene rings is 1. The average Bonchev–Trinajstić information content (AvgIpc) is 2.42. The number of nitrogens with one attached hydrogen (secondary N) is 1. The quantitative estimate of drug-likeness (QED) is 0.919. The van der Waals surface area contributed by atoms with Gasteiger partial charge >= 0.3 is 0 Å². The lowest BCUT2D eigenvalue weighted by Gasteiger charge is -2.39. The normalized spacial score (nSPS) is 28.3. The summed E-state index contributed by atoms with van der Waals surface area (Å²) in [4.78, 5) is 2.11. The molecule has 0 unspecified atom stereocenters. The lowest BCUT2D eigenvalue weighted by atomic mass is 10.0. The molecule has 1 aromatic rings. The van der Waals surface area contributed by atoms with Crippen LogP contribution in [-0.4, -0.2) is 56.0 Å². The zero-order valence-electron chi connectivity index (χ0n) is 11.4. The number of alkyl halides is 1. The van der Waals surface area contributed by atoms with Crippen LogP contribution in [0.15, 0.2) is 24.3 Å². The van der Waals surface area contributed by atoms with E-state index in [2.05, 4.69) is 22.3 Å². The third-order valence-corrected chi connectivity index (χ3v) is 4.19. The minimum atomic E-state index is -0.635. The first-order chi connectivity index (χ1) is 9.69. The van der Waals surface area contributed by atoms with Crippen LogP contribution in [0.2, 0.25) is 5.02 Å². The van der Waals surface area contributed by atoms with E-state index in [1.165, 1.54) is 5.56 Å². The second-order valence-corrected chi connectivity index (χ2v) is 6.14. The maximum absolute atomic E-state index is 12.7. The maximum atomic E-state index is 12.7. The summed E-state index contributed by atoms with van der Waals surface area (Å²) in [5.74, 6) is 0. The first kappa shape index (κ1) is 14.3. The molecule has 20 heavy (non-hydrogen) atoms. The van der Waals surface area contributed by atoms with Crippen molar-refractivity contribution in [1.29, 1.82) is 0 Å². The molecule has 110 valence electrons. The number of morpholine rings is 1. The Morgan fingerprint density at radius 1 is 1.30 bits per heavy atom. The van der Waals surface area contributed by atoms with Crippen LogP contribution in [0.4, 0.5) is 4.39 Å². The van der Waals surface area contributed by atoms with E-state index in [0.717, 1.165) is 24.5 Å². The van der Waals surface area contributed by atoms with E-state index in [9.17, 15) is 4.39 Å². The van der Waals surface area contributed by atoms with Gasteiger partial charge in [-0.05, 0) is 24.1 Å². The number of halogens is 2. The largest absolute Gasteiger partial charge is 0.374 e. The predicted octanol–water partition coefficient (Wildman–Crippen LogP) is 1.89. The monoisotopic (exact) mass is 298 g/mol. The van der Waals surface area contributed by atoms with E-state index in [1.54, 1.807) is 0 Å². The van der Waals surface area contributed by atoms with E-state index in [-0.39, 0.29) is 6.10 Å². The fourth-order valence-corrected chi connectivity index (χ4v) is 2.89. The standard InChI is InChI=1S/C15H20ClFN2O/c16-12-3-1-11(2-4-12)5-14-10-20-15(6-18-14)9-19-7-13(17)8-19/h1-4,13-15,18H,5-10H2/t14-,15-/m0/s1. The smallest absolute Gasteiger partial charge is 0.125 e. The Morgan fingerprint density at radius 2 is 2.05 bits per heavy atom. The highest BCUT2D eigenvalue weighted by Crippen LogP contribution is 2.15. The molecule has 0 saturated carbocycles. The SMILES string of the molecule is FC1CN(C[C@@H]2CN[C@@H](Cc3ccc(Cl)cc3)CO2)C1. The third kappa shape index (κ3) is 3.70. The summed E-state index contributed by atoms with van der Waals surface area (Å²) in [6.45, 7) is 3.51. The van der Waals surface area contributed by atoms with Crippen LogP contribution in [-0.2, 0) is 11.2 Å². The molecule has 0 radical (unpaired) electrons. The molecule has 5 heteroatoms. The van der Waals surface area contributed by atoms with Gasteiger partial charge in [-0.3, -0.25) is 4.90 Å². The van der Waals surface area contributed by atoms with E-state index in [1.807, 2.05) is 12.1 Å². The molecule has 0 aromatic heterocycles. The molecule has 2 aliphatic heterocycles. The molecule has 0 amide bonds. The van der Waals surface area contributed by atoms with Gasteiger partial charge in [-0.1, -0.05) is 23.7 Å². The van der Waals surface area contributed by atoms with E-state index in [0.29, 0.717) is 25.7 Å². The Labute approximate surface area is 124 Å². The van der Waals surface area contributed by atoms with Gasteiger partial charge < -0.3 is 10.1 Å². The molecule has 1 N–H and O–H groups in total. The molecular formula is C15H20ClFN2O. The van der Waals surface area contributed by atoms with Crippen molar-refractivity contribution in [3.05, 3.63) is 34.9 Å². The van der Waals surface area contributed by atoms with Crippen molar-refractivity contribution in [2.24, 2.45) is 0 Å². The number of likely N-dealkylation sites (tertiary alicyclic amines) is 1. The van der Waals surface area contributed by atoms with Crippen molar-refractivity contribution in [3.63, 3.8) is 0 Å². The fraction of sp³-hybridized carbons (Fsp3) is 0.600. The first-order valence-electron chi connectivity index (χ1n) is 7.15. The Balaban J connectivity index is 1.40. The highest BCUT2D eigenvalue weighted by atomic mass is 35.5. The lowest BCUT2D eigenvalue weighted by molar-refractivity contribution is -0.0402. The van der Waals surface area contributed by atoms with E-state index in [4.69, 9.17) is 16.3 Å². The summed E-state index contributed by atoms with van der Waals surface area (Å²) >= 11 is 5.88. The highest BCUT2D eigenvalue weighted by molar-refractivity contribution is 6.30. The second-order valence-electron chi connectivity index (χ2n) is 5.71. The van der Waals surface area contributed by atoms with Crippen LogP contribution in [0.25, 0.3) is 0 Å². The Bertz CT molecular complexity index is 428. The molecular weight excluding hydrogens is 279 g/mol. The highest BCUT2D eigenvalue weighted by Gasteiger charge is 2.30. The molecule has 0 aliphatic carbocycles. The molecule has 2 heterocycles. The molecule has 0 spiro atoms. The van der Waals surface area contributed by atoms with Crippen LogP contribution in [0.5, 0.6) is 0 Å². The van der Waals surface area contributed by atoms with Gasteiger partial charge in [0.25, 0.3) is 0 Å². The Morgan fingerprint density at radius 3 is 2.65 bits per heavy atom. The zero-order valence-corrected chi connectivity index (χ0v) is 12.2. The van der Waals surface area contributed by atoms with Gasteiger partial charge in [0.1, 0.15) is 6.17 Å². The van der Waals surface area contributed by atoms with Gasteiger partial charge in [0.2, 0.25) is 0 Å². The van der Waals surface area contributed by atoms with Crippen molar-refractivity contribution >= 4 is 11.6 Å². The summed E-state index contributed by atoms with van der Waals surface area (Å²) in [7, 11) is 0. The average molecular weight is 299 g/mol. The first-order valence-corrected chi connectivity index (χ1v) is 7.52. The molecule has 2 atom stereocenters. The minimum Gasteiger partial charge on any atom is -0.374 e. The van der Waals surface area contributed by atoms with Gasteiger partial charge in [0.05, 0.1) is 12.7 Å². The summed E-state index contributed by atoms with van der Waals surface area (Å²) in [6, 6.07) is 8.29. The zero-order chi connectivity index (χ0) is 13.9. The number of nitrogens with zero attached hydrogens (tertiary/aromatic N) is 1. The predicted molar refractivity (Wildman–Crippen MR) is 78.0 cm³/mol. The Kier molecular flexibility index (Phi) is 4.56. The van der Waals surface area contributed by atoms with Crippen LogP contribution in [0, 0.1) is 0 Å². The molecule has 2 aliphatic rings. The van der Waals surface area contributed by atoms with Gasteiger partial charge in [0, 0.05) is 37.2 Å². The van der Waals surface area contributed by atoms with Gasteiger partial charge in [-0.2, -0.15) is 0 Å². The van der Waals surface area contributed by atoms with Crippen LogP contribution >= 0.6 is 11.6 Å². The van der Waals surface area contributed by atoms with E-state index < -0.39 is 6.17 Å². The van der Waals surface area contributed by atoms with E-state index >= 15 is 0 Å². The molecule has 2 fully saturated rings. The summed E-state index contributed by atoms with van der Waals surface area (Å²) < 4.78 is 18.6.